The molecule has 0 bridgehead atoms. The van der Waals surface area contributed by atoms with Gasteiger partial charge < -0.3 is 10.0 Å². The van der Waals surface area contributed by atoms with E-state index in [1.807, 2.05) is 6.92 Å². The third-order valence-corrected chi connectivity index (χ3v) is 3.74. The van der Waals surface area contributed by atoms with Gasteiger partial charge in [-0.05, 0) is 25.2 Å². The Morgan fingerprint density at radius 2 is 2.18 bits per heavy atom. The molecule has 2 aliphatic rings. The highest BCUT2D eigenvalue weighted by Gasteiger charge is 2.52. The number of hydrogen-bond donors (Lipinski definition) is 1. The van der Waals surface area contributed by atoms with Gasteiger partial charge in [0.25, 0.3) is 0 Å². The molecular weight excluding hydrogens is 221 g/mol. The molecule has 1 aromatic heterocycles. The molecule has 5 heteroatoms. The van der Waals surface area contributed by atoms with Crippen molar-refractivity contribution >= 4 is 5.82 Å². The van der Waals surface area contributed by atoms with Crippen LogP contribution in [0.3, 0.4) is 0 Å². The van der Waals surface area contributed by atoms with Crippen molar-refractivity contribution in [2.75, 3.05) is 18.0 Å². The summed E-state index contributed by atoms with van der Waals surface area (Å²) in [6.07, 6.45) is 4.14. The van der Waals surface area contributed by atoms with Gasteiger partial charge in [-0.1, -0.05) is 6.92 Å². The molecule has 0 spiro atoms. The van der Waals surface area contributed by atoms with Crippen LogP contribution in [0.5, 0.6) is 0 Å². The highest BCUT2D eigenvalue weighted by molar-refractivity contribution is 5.46. The predicted molar refractivity (Wildman–Crippen MR) is 61.3 cm³/mol. The van der Waals surface area contributed by atoms with E-state index in [0.29, 0.717) is 36.9 Å². The molecule has 0 unspecified atom stereocenters. The zero-order valence-electron chi connectivity index (χ0n) is 9.86. The van der Waals surface area contributed by atoms with Crippen LogP contribution in [0.1, 0.15) is 25.5 Å². The largest absolute Gasteiger partial charge is 0.386 e. The Morgan fingerprint density at radius 3 is 2.76 bits per heavy atom. The van der Waals surface area contributed by atoms with Crippen LogP contribution < -0.4 is 4.90 Å². The molecule has 1 aliphatic heterocycles. The zero-order chi connectivity index (χ0) is 12.0. The highest BCUT2D eigenvalue weighted by Crippen LogP contribution is 2.45. The molecule has 17 heavy (non-hydrogen) atoms. The van der Waals surface area contributed by atoms with Gasteiger partial charge in [-0.25, -0.2) is 14.4 Å². The van der Waals surface area contributed by atoms with Crippen LogP contribution in [0.15, 0.2) is 6.33 Å². The minimum atomic E-state index is -0.607. The van der Waals surface area contributed by atoms with Crippen LogP contribution in [0.4, 0.5) is 10.2 Å². The van der Waals surface area contributed by atoms with Gasteiger partial charge in [0.2, 0.25) is 0 Å². The number of aromatic nitrogens is 2. The summed E-state index contributed by atoms with van der Waals surface area (Å²) in [5.74, 6) is 0.407. The lowest BCUT2D eigenvalue weighted by Crippen LogP contribution is -2.63. The summed E-state index contributed by atoms with van der Waals surface area (Å²) in [7, 11) is 0. The summed E-state index contributed by atoms with van der Waals surface area (Å²) < 4.78 is 14.0. The van der Waals surface area contributed by atoms with Crippen molar-refractivity contribution in [1.29, 1.82) is 0 Å². The number of anilines is 1. The molecule has 1 saturated carbocycles. The maximum atomic E-state index is 14.0. The fourth-order valence-corrected chi connectivity index (χ4v) is 2.51. The van der Waals surface area contributed by atoms with E-state index >= 15 is 0 Å². The Hall–Kier alpha value is -1.23. The number of halogens is 1. The van der Waals surface area contributed by atoms with Crippen molar-refractivity contribution in [2.24, 2.45) is 5.92 Å². The smallest absolute Gasteiger partial charge is 0.187 e. The van der Waals surface area contributed by atoms with E-state index in [-0.39, 0.29) is 5.82 Å². The van der Waals surface area contributed by atoms with E-state index in [1.54, 1.807) is 4.90 Å². The van der Waals surface area contributed by atoms with E-state index in [1.165, 1.54) is 6.33 Å². The molecule has 0 radical (unpaired) electrons. The van der Waals surface area contributed by atoms with Crippen LogP contribution in [0.2, 0.25) is 0 Å². The minimum absolute atomic E-state index is 0.335. The summed E-state index contributed by atoms with van der Waals surface area (Å²) in [6.45, 7) is 2.86. The minimum Gasteiger partial charge on any atom is -0.386 e. The first-order valence-electron chi connectivity index (χ1n) is 6.11. The number of aliphatic hydroxyl groups is 1. The third kappa shape index (κ3) is 1.69. The molecule has 0 amide bonds. The molecule has 0 atom stereocenters. The molecule has 2 fully saturated rings. The summed E-state index contributed by atoms with van der Waals surface area (Å²) in [6, 6.07) is 0. The van der Waals surface area contributed by atoms with Crippen molar-refractivity contribution in [3.63, 3.8) is 0 Å². The summed E-state index contributed by atoms with van der Waals surface area (Å²) in [4.78, 5) is 9.69. The van der Waals surface area contributed by atoms with Crippen molar-refractivity contribution < 1.29 is 9.50 Å². The fraction of sp³-hybridized carbons (Fsp3) is 0.667. The average Bonchev–Trinajstić information content (AvgIpc) is 3.09. The van der Waals surface area contributed by atoms with E-state index in [0.717, 1.165) is 12.8 Å². The summed E-state index contributed by atoms with van der Waals surface area (Å²) >= 11 is 0. The first kappa shape index (κ1) is 10.9. The second-order valence-electron chi connectivity index (χ2n) is 5.05. The van der Waals surface area contributed by atoms with Gasteiger partial charge in [0, 0.05) is 0 Å². The Bertz CT molecular complexity index is 441. The molecule has 92 valence electrons. The average molecular weight is 237 g/mol. The first-order valence-corrected chi connectivity index (χ1v) is 6.11. The van der Waals surface area contributed by atoms with Crippen molar-refractivity contribution in [3.8, 4) is 0 Å². The zero-order valence-corrected chi connectivity index (χ0v) is 9.86. The lowest BCUT2D eigenvalue weighted by molar-refractivity contribution is -0.0101. The molecule has 1 aromatic rings. The molecule has 1 aliphatic carbocycles. The van der Waals surface area contributed by atoms with Gasteiger partial charge in [-0.3, -0.25) is 0 Å². The lowest BCUT2D eigenvalue weighted by atomic mass is 9.89. The molecule has 0 aromatic carbocycles. The summed E-state index contributed by atoms with van der Waals surface area (Å²) in [5, 5.41) is 10.2. The Kier molecular flexibility index (Phi) is 2.33. The first-order chi connectivity index (χ1) is 8.14. The number of β-amino-alcohol motifs (C(OH)–C–C–N with tert-alkyl or cyclic N) is 1. The Balaban J connectivity index is 1.78. The quantitative estimate of drug-likeness (QED) is 0.856. The van der Waals surface area contributed by atoms with Gasteiger partial charge in [0.05, 0.1) is 18.8 Å². The van der Waals surface area contributed by atoms with Crippen molar-refractivity contribution in [2.45, 2.75) is 31.8 Å². The molecule has 2 heterocycles. The van der Waals surface area contributed by atoms with Crippen LogP contribution in [0, 0.1) is 11.7 Å². The molecular formula is C12H16FN3O. The van der Waals surface area contributed by atoms with E-state index in [2.05, 4.69) is 9.97 Å². The van der Waals surface area contributed by atoms with Crippen molar-refractivity contribution in [1.82, 2.24) is 9.97 Å². The monoisotopic (exact) mass is 237 g/mol. The summed E-state index contributed by atoms with van der Waals surface area (Å²) in [5.41, 5.74) is -0.166. The van der Waals surface area contributed by atoms with E-state index in [9.17, 15) is 9.50 Å². The van der Waals surface area contributed by atoms with Gasteiger partial charge >= 0.3 is 0 Å². The maximum Gasteiger partial charge on any atom is 0.187 e. The molecule has 1 saturated heterocycles. The molecule has 3 rings (SSSR count). The van der Waals surface area contributed by atoms with Crippen molar-refractivity contribution in [3.05, 3.63) is 17.8 Å². The topological polar surface area (TPSA) is 49.2 Å². The van der Waals surface area contributed by atoms with Gasteiger partial charge in [0.15, 0.2) is 11.6 Å². The van der Waals surface area contributed by atoms with Crippen LogP contribution >= 0.6 is 0 Å². The van der Waals surface area contributed by atoms with E-state index in [4.69, 9.17) is 0 Å². The van der Waals surface area contributed by atoms with Crippen LogP contribution in [-0.2, 0) is 6.42 Å². The Labute approximate surface area is 99.5 Å². The fourth-order valence-electron chi connectivity index (χ4n) is 2.51. The molecule has 4 nitrogen and oxygen atoms in total. The van der Waals surface area contributed by atoms with E-state index < -0.39 is 5.60 Å². The number of aryl methyl sites for hydroxylation is 1. The highest BCUT2D eigenvalue weighted by atomic mass is 19.1. The molecule has 1 N–H and O–H groups in total. The van der Waals surface area contributed by atoms with Gasteiger partial charge in [-0.15, -0.1) is 0 Å². The van der Waals surface area contributed by atoms with Crippen LogP contribution in [0.25, 0.3) is 0 Å². The van der Waals surface area contributed by atoms with Crippen LogP contribution in [-0.4, -0.2) is 33.8 Å². The number of nitrogens with zero attached hydrogens (tertiary/aromatic N) is 3. The maximum absolute atomic E-state index is 14.0. The van der Waals surface area contributed by atoms with Gasteiger partial charge in [-0.2, -0.15) is 0 Å². The predicted octanol–water partition coefficient (Wildman–Crippen LogP) is 1.14. The number of rotatable bonds is 3. The normalized spacial score (nSPS) is 22.4. The number of hydrogen-bond acceptors (Lipinski definition) is 4. The SMILES string of the molecule is CCc1ncnc(N2CC(O)(C3CC3)C2)c1F. The standard InChI is InChI=1S/C12H16FN3O/c1-2-9-10(13)11(15-7-14-9)16-5-12(17,6-16)8-3-4-8/h7-8,17H,2-6H2,1H3. The second kappa shape index (κ2) is 3.63. The lowest BCUT2D eigenvalue weighted by Gasteiger charge is -2.47. The Morgan fingerprint density at radius 1 is 1.47 bits per heavy atom. The second-order valence-corrected chi connectivity index (χ2v) is 5.05. The third-order valence-electron chi connectivity index (χ3n) is 3.74. The van der Waals surface area contributed by atoms with Gasteiger partial charge in [0.1, 0.15) is 11.9 Å².